The Morgan fingerprint density at radius 2 is 1.12 bits per heavy atom. The zero-order valence-electron chi connectivity index (χ0n) is 33.8. The quantitative estimate of drug-likeness (QED) is 0.0889. The molecule has 3 heterocycles. The van der Waals surface area contributed by atoms with E-state index < -0.39 is 79.4 Å². The highest BCUT2D eigenvalue weighted by Crippen LogP contribution is 2.39. The summed E-state index contributed by atoms with van der Waals surface area (Å²) in [5.74, 6) is -1.22. The van der Waals surface area contributed by atoms with Crippen LogP contribution in [0.1, 0.15) is 36.1 Å². The third-order valence-electron chi connectivity index (χ3n) is 10.5. The highest BCUT2D eigenvalue weighted by atomic mass is 16.8. The van der Waals surface area contributed by atoms with Gasteiger partial charge in [-0.3, -0.25) is 14.5 Å². The van der Waals surface area contributed by atoms with Crippen LogP contribution < -0.4 is 0 Å². The number of fused-ring (bicyclic) bond motifs is 1. The molecule has 4 aromatic carbocycles. The lowest BCUT2D eigenvalue weighted by Gasteiger charge is -2.49. The molecule has 0 unspecified atom stereocenters. The van der Waals surface area contributed by atoms with Gasteiger partial charge in [0.2, 0.25) is 0 Å². The van der Waals surface area contributed by atoms with Crippen molar-refractivity contribution in [3.63, 3.8) is 0 Å². The summed E-state index contributed by atoms with van der Waals surface area (Å²) in [6, 6.07) is 37.5. The first-order chi connectivity index (χ1) is 29.3. The van der Waals surface area contributed by atoms with E-state index in [1.165, 1.54) is 25.9 Å². The molecule has 0 aromatic heterocycles. The lowest BCUT2D eigenvalue weighted by molar-refractivity contribution is -0.356. The van der Waals surface area contributed by atoms with Gasteiger partial charge < -0.3 is 47.4 Å². The average molecular weight is 826 g/mol. The molecule has 0 N–H and O–H groups in total. The molecule has 3 aliphatic rings. The minimum atomic E-state index is -1.26. The van der Waals surface area contributed by atoms with Crippen LogP contribution in [0.3, 0.4) is 0 Å². The predicted octanol–water partition coefficient (Wildman–Crippen LogP) is 5.74. The maximum absolute atomic E-state index is 13.9. The van der Waals surface area contributed by atoms with Gasteiger partial charge in [0, 0.05) is 27.5 Å². The van der Waals surface area contributed by atoms with Gasteiger partial charge >= 0.3 is 18.0 Å². The fourth-order valence-electron chi connectivity index (χ4n) is 7.68. The molecular weight excluding hydrogens is 774 g/mol. The van der Waals surface area contributed by atoms with E-state index in [-0.39, 0.29) is 39.6 Å². The van der Waals surface area contributed by atoms with E-state index in [1.807, 2.05) is 121 Å². The molecule has 60 heavy (non-hydrogen) atoms. The Bertz CT molecular complexity index is 1960. The monoisotopic (exact) mass is 825 g/mol. The molecule has 10 atom stereocenters. The number of hydrogen-bond donors (Lipinski definition) is 0. The van der Waals surface area contributed by atoms with Crippen molar-refractivity contribution in [2.45, 2.75) is 102 Å². The maximum Gasteiger partial charge on any atom is 0.411 e. The van der Waals surface area contributed by atoms with Crippen LogP contribution in [0.4, 0.5) is 4.79 Å². The van der Waals surface area contributed by atoms with Gasteiger partial charge in [0.05, 0.1) is 26.4 Å². The van der Waals surface area contributed by atoms with Crippen LogP contribution in [-0.2, 0) is 83.3 Å². The van der Waals surface area contributed by atoms with Crippen LogP contribution in [-0.4, -0.2) is 105 Å². The Morgan fingerprint density at radius 1 is 0.600 bits per heavy atom. The number of methoxy groups -OCH3 is 1. The molecule has 0 bridgehead atoms. The standard InChI is InChI=1S/C46H51NO13/c1-30(48)53-29-37-39(56-31(2)49)41-38(47(46(50)60-41)24-32-16-8-4-9-17-32)44(57-37)59-40-36(28-52-25-33-18-10-5-11-19-33)58-45(51-3)43(55-27-35-22-14-7-15-23-35)42(40)54-26-34-20-12-6-13-21-34/h4-23,36-45H,24-29H2,1-3H3/t36-,37-,38-,39-,40+,41-,42+,43-,44-,45+/m1/s1. The fraction of sp³-hybridized carbons (Fsp3) is 0.413. The number of nitrogens with zero attached hydrogens (tertiary/aromatic N) is 1. The zero-order valence-corrected chi connectivity index (χ0v) is 33.8. The normalized spacial score (nSPS) is 27.4. The SMILES string of the molecule is CO[C@H]1O[C@H](COCc2ccccc2)[C@H](O[C@H]2O[C@H](COC(C)=O)[C@@H](OC(C)=O)[C@@H]3OC(=O)N(Cc4ccccc4)[C@@H]23)[C@H](OCc2ccccc2)[C@H]1OCc1ccccc1. The lowest BCUT2D eigenvalue weighted by atomic mass is 9.94. The number of hydrogen-bond acceptors (Lipinski definition) is 13. The number of carbonyl (C=O) groups excluding carboxylic acids is 3. The maximum atomic E-state index is 13.9. The molecule has 7 rings (SSSR count). The third-order valence-corrected chi connectivity index (χ3v) is 10.5. The third kappa shape index (κ3) is 10.9. The van der Waals surface area contributed by atoms with Gasteiger partial charge in [-0.05, 0) is 22.3 Å². The van der Waals surface area contributed by atoms with E-state index >= 15 is 0 Å². The number of carbonyl (C=O) groups is 3. The molecule has 0 saturated carbocycles. The Morgan fingerprint density at radius 3 is 1.67 bits per heavy atom. The van der Waals surface area contributed by atoms with Crippen LogP contribution in [0, 0.1) is 0 Å². The van der Waals surface area contributed by atoms with Gasteiger partial charge in [0.25, 0.3) is 0 Å². The first-order valence-electron chi connectivity index (χ1n) is 20.0. The largest absolute Gasteiger partial charge is 0.463 e. The van der Waals surface area contributed by atoms with Crippen LogP contribution in [0.2, 0.25) is 0 Å². The van der Waals surface area contributed by atoms with Crippen molar-refractivity contribution in [2.24, 2.45) is 0 Å². The van der Waals surface area contributed by atoms with E-state index in [4.69, 9.17) is 47.4 Å². The Labute approximate surface area is 349 Å². The van der Waals surface area contributed by atoms with E-state index in [0.717, 1.165) is 22.3 Å². The summed E-state index contributed by atoms with van der Waals surface area (Å²) in [6.07, 6.45) is -9.72. The second-order valence-corrected chi connectivity index (χ2v) is 14.8. The molecule has 0 aliphatic carbocycles. The Hall–Kier alpha value is -5.19. The molecule has 14 heteroatoms. The second kappa shape index (κ2) is 20.9. The highest BCUT2D eigenvalue weighted by Gasteiger charge is 2.60. The lowest BCUT2D eigenvalue weighted by Crippen LogP contribution is -2.66. The van der Waals surface area contributed by atoms with Crippen molar-refractivity contribution in [3.8, 4) is 0 Å². The smallest absolute Gasteiger partial charge is 0.411 e. The summed E-state index contributed by atoms with van der Waals surface area (Å²) in [5.41, 5.74) is 3.59. The fourth-order valence-corrected chi connectivity index (χ4v) is 7.68. The molecule has 4 aromatic rings. The zero-order chi connectivity index (χ0) is 41.8. The number of esters is 2. The Kier molecular flexibility index (Phi) is 14.9. The molecular formula is C46H51NO13. The van der Waals surface area contributed by atoms with Crippen molar-refractivity contribution >= 4 is 18.0 Å². The van der Waals surface area contributed by atoms with E-state index in [0.29, 0.717) is 0 Å². The number of rotatable bonds is 18. The number of benzene rings is 4. The minimum Gasteiger partial charge on any atom is -0.463 e. The van der Waals surface area contributed by atoms with Crippen molar-refractivity contribution in [3.05, 3.63) is 144 Å². The van der Waals surface area contributed by atoms with Crippen LogP contribution in [0.25, 0.3) is 0 Å². The molecule has 318 valence electrons. The van der Waals surface area contributed by atoms with Gasteiger partial charge in [-0.2, -0.15) is 0 Å². The van der Waals surface area contributed by atoms with Crippen LogP contribution in [0.5, 0.6) is 0 Å². The van der Waals surface area contributed by atoms with Crippen molar-refractivity contribution in [2.75, 3.05) is 20.3 Å². The summed E-state index contributed by atoms with van der Waals surface area (Å²) >= 11 is 0. The summed E-state index contributed by atoms with van der Waals surface area (Å²) in [5, 5.41) is 0. The van der Waals surface area contributed by atoms with Gasteiger partial charge in [-0.15, -0.1) is 0 Å². The van der Waals surface area contributed by atoms with Gasteiger partial charge in [-0.1, -0.05) is 121 Å². The summed E-state index contributed by atoms with van der Waals surface area (Å²) in [4.78, 5) is 40.0. The van der Waals surface area contributed by atoms with Gasteiger partial charge in [0.15, 0.2) is 24.8 Å². The number of amides is 1. The summed E-state index contributed by atoms with van der Waals surface area (Å²) in [7, 11) is 1.54. The van der Waals surface area contributed by atoms with Crippen molar-refractivity contribution < 1.29 is 61.8 Å². The van der Waals surface area contributed by atoms with Crippen LogP contribution in [0.15, 0.2) is 121 Å². The summed E-state index contributed by atoms with van der Waals surface area (Å²) in [6.45, 7) is 3.00. The van der Waals surface area contributed by atoms with E-state index in [9.17, 15) is 14.4 Å². The molecule has 1 amide bonds. The van der Waals surface area contributed by atoms with Crippen molar-refractivity contribution in [1.29, 1.82) is 0 Å². The highest BCUT2D eigenvalue weighted by molar-refractivity contribution is 5.72. The summed E-state index contributed by atoms with van der Waals surface area (Å²) < 4.78 is 63.3. The van der Waals surface area contributed by atoms with E-state index in [1.54, 1.807) is 0 Å². The Balaban J connectivity index is 1.27. The molecule has 14 nitrogen and oxygen atoms in total. The minimum absolute atomic E-state index is 0.0347. The topological polar surface area (TPSA) is 147 Å². The molecule has 3 fully saturated rings. The second-order valence-electron chi connectivity index (χ2n) is 14.8. The predicted molar refractivity (Wildman–Crippen MR) is 214 cm³/mol. The molecule has 3 aliphatic heterocycles. The van der Waals surface area contributed by atoms with Crippen molar-refractivity contribution in [1.82, 2.24) is 4.90 Å². The van der Waals surface area contributed by atoms with Gasteiger partial charge in [0.1, 0.15) is 43.2 Å². The van der Waals surface area contributed by atoms with Crippen LogP contribution >= 0.6 is 0 Å². The van der Waals surface area contributed by atoms with E-state index in [2.05, 4.69) is 0 Å². The average Bonchev–Trinajstić information content (AvgIpc) is 3.59. The molecule has 0 radical (unpaired) electrons. The molecule has 0 spiro atoms. The van der Waals surface area contributed by atoms with Gasteiger partial charge in [-0.25, -0.2) is 4.79 Å². The first kappa shape index (κ1) is 42.9. The molecule has 3 saturated heterocycles. The number of ether oxygens (including phenoxy) is 10. The first-order valence-corrected chi connectivity index (χ1v) is 20.0.